The van der Waals surface area contributed by atoms with Crippen molar-refractivity contribution < 1.29 is 9.59 Å². The molecule has 0 radical (unpaired) electrons. The maximum atomic E-state index is 13.3. The van der Waals surface area contributed by atoms with Crippen molar-refractivity contribution in [1.29, 1.82) is 0 Å². The Hall–Kier alpha value is -1.85. The van der Waals surface area contributed by atoms with Gasteiger partial charge in [-0.3, -0.25) is 14.3 Å². The summed E-state index contributed by atoms with van der Waals surface area (Å²) >= 11 is 0. The highest BCUT2D eigenvalue weighted by Crippen LogP contribution is 2.56. The zero-order valence-electron chi connectivity index (χ0n) is 16.1. The molecule has 2 atom stereocenters. The Labute approximate surface area is 160 Å². The molecule has 1 aliphatic heterocycles. The number of nitrogens with zero attached hydrogens (tertiary/aromatic N) is 2. The highest BCUT2D eigenvalue weighted by Gasteiger charge is 2.51. The molecule has 4 aliphatic carbocycles. The van der Waals surface area contributed by atoms with E-state index in [-0.39, 0.29) is 29.8 Å². The van der Waals surface area contributed by atoms with Crippen LogP contribution in [0.2, 0.25) is 0 Å². The van der Waals surface area contributed by atoms with E-state index in [2.05, 4.69) is 15.7 Å². The van der Waals surface area contributed by atoms with E-state index in [4.69, 9.17) is 0 Å². The molecule has 1 aromatic rings. The lowest BCUT2D eigenvalue weighted by Gasteiger charge is -2.54. The van der Waals surface area contributed by atoms with E-state index in [1.54, 1.807) is 0 Å². The molecular weight excluding hydrogens is 340 g/mol. The maximum Gasteiger partial charge on any atom is 0.223 e. The fourth-order valence-corrected chi connectivity index (χ4v) is 6.62. The van der Waals surface area contributed by atoms with Crippen molar-refractivity contribution in [2.75, 3.05) is 0 Å². The normalized spacial score (nSPS) is 40.0. The van der Waals surface area contributed by atoms with Gasteiger partial charge in [0.15, 0.2) is 0 Å². The zero-order chi connectivity index (χ0) is 18.5. The first-order valence-corrected chi connectivity index (χ1v) is 10.7. The van der Waals surface area contributed by atoms with E-state index in [0.29, 0.717) is 24.7 Å². The lowest BCUT2D eigenvalue weighted by atomic mass is 9.51. The standard InChI is InChI=1S/C21H30N4O2/c1-2-25-11-16(10-22-25)20-17(3-4-18(26)24-20)23-21(27)19-14-6-12-5-13(8-14)9-15(19)7-12/h10-15,17,19-20H,2-9H2,1H3,(H,23,27)(H,24,26)/t12?,13?,14?,15?,17-,19?,20+/m1/s1. The zero-order valence-corrected chi connectivity index (χ0v) is 16.1. The van der Waals surface area contributed by atoms with Gasteiger partial charge in [0, 0.05) is 30.6 Å². The Morgan fingerprint density at radius 2 is 1.93 bits per heavy atom. The summed E-state index contributed by atoms with van der Waals surface area (Å²) in [5, 5.41) is 10.8. The largest absolute Gasteiger partial charge is 0.351 e. The first-order valence-electron chi connectivity index (χ1n) is 10.7. The first kappa shape index (κ1) is 17.3. The minimum atomic E-state index is -0.174. The van der Waals surface area contributed by atoms with Gasteiger partial charge in [-0.15, -0.1) is 0 Å². The molecule has 4 bridgehead atoms. The number of carbonyl (C=O) groups is 2. The van der Waals surface area contributed by atoms with Crippen LogP contribution in [0.3, 0.4) is 0 Å². The van der Waals surface area contributed by atoms with Crippen LogP contribution in [0.4, 0.5) is 0 Å². The van der Waals surface area contributed by atoms with Gasteiger partial charge in [-0.1, -0.05) is 0 Å². The Kier molecular flexibility index (Phi) is 4.25. The van der Waals surface area contributed by atoms with E-state index in [1.807, 2.05) is 24.0 Å². The Bertz CT molecular complexity index is 714. The fourth-order valence-electron chi connectivity index (χ4n) is 6.62. The van der Waals surface area contributed by atoms with Crippen molar-refractivity contribution in [1.82, 2.24) is 20.4 Å². The predicted molar refractivity (Wildman–Crippen MR) is 100 cm³/mol. The second-order valence-corrected chi connectivity index (χ2v) is 9.28. The molecule has 27 heavy (non-hydrogen) atoms. The Morgan fingerprint density at radius 3 is 2.56 bits per heavy atom. The van der Waals surface area contributed by atoms with Gasteiger partial charge in [0.1, 0.15) is 0 Å². The van der Waals surface area contributed by atoms with E-state index < -0.39 is 0 Å². The first-order chi connectivity index (χ1) is 13.1. The molecule has 1 aromatic heterocycles. The topological polar surface area (TPSA) is 76.0 Å². The quantitative estimate of drug-likeness (QED) is 0.855. The number of aromatic nitrogens is 2. The molecule has 0 aromatic carbocycles. The van der Waals surface area contributed by atoms with E-state index in [9.17, 15) is 9.59 Å². The minimum absolute atomic E-state index is 0.0399. The van der Waals surface area contributed by atoms with Gasteiger partial charge in [0.2, 0.25) is 11.8 Å². The molecule has 0 unspecified atom stereocenters. The molecule has 2 heterocycles. The third-order valence-corrected chi connectivity index (χ3v) is 7.59. The third-order valence-electron chi connectivity index (χ3n) is 7.59. The van der Waals surface area contributed by atoms with Crippen molar-refractivity contribution in [2.45, 2.75) is 70.5 Å². The van der Waals surface area contributed by atoms with Crippen molar-refractivity contribution in [3.8, 4) is 0 Å². The van der Waals surface area contributed by atoms with Crippen LogP contribution in [-0.4, -0.2) is 27.6 Å². The number of hydrogen-bond donors (Lipinski definition) is 2. The number of amides is 2. The maximum absolute atomic E-state index is 13.3. The number of rotatable bonds is 4. The fraction of sp³-hybridized carbons (Fsp3) is 0.762. The molecule has 6 heteroatoms. The highest BCUT2D eigenvalue weighted by molar-refractivity contribution is 5.81. The van der Waals surface area contributed by atoms with Gasteiger partial charge in [0.25, 0.3) is 0 Å². The van der Waals surface area contributed by atoms with E-state index in [0.717, 1.165) is 23.9 Å². The van der Waals surface area contributed by atoms with Crippen molar-refractivity contribution >= 4 is 11.8 Å². The van der Waals surface area contributed by atoms with Gasteiger partial charge in [-0.2, -0.15) is 5.10 Å². The lowest BCUT2D eigenvalue weighted by molar-refractivity contribution is -0.140. The van der Waals surface area contributed by atoms with E-state index >= 15 is 0 Å². The predicted octanol–water partition coefficient (Wildman–Crippen LogP) is 2.41. The van der Waals surface area contributed by atoms with Gasteiger partial charge in [-0.25, -0.2) is 0 Å². The summed E-state index contributed by atoms with van der Waals surface area (Å²) in [7, 11) is 0. The number of carbonyl (C=O) groups excluding carboxylic acids is 2. The lowest BCUT2D eigenvalue weighted by Crippen LogP contribution is -2.56. The van der Waals surface area contributed by atoms with Crippen LogP contribution in [0, 0.1) is 29.6 Å². The molecule has 4 saturated carbocycles. The van der Waals surface area contributed by atoms with Crippen LogP contribution in [0.15, 0.2) is 12.4 Å². The van der Waals surface area contributed by atoms with Crippen LogP contribution in [0.1, 0.15) is 63.5 Å². The molecule has 5 fully saturated rings. The summed E-state index contributed by atoms with van der Waals surface area (Å²) in [4.78, 5) is 25.3. The Morgan fingerprint density at radius 1 is 1.22 bits per heavy atom. The van der Waals surface area contributed by atoms with Crippen LogP contribution < -0.4 is 10.6 Å². The molecule has 2 N–H and O–H groups in total. The smallest absolute Gasteiger partial charge is 0.223 e. The minimum Gasteiger partial charge on any atom is -0.351 e. The Balaban J connectivity index is 1.32. The molecule has 6 rings (SSSR count). The molecule has 5 aliphatic rings. The molecule has 1 saturated heterocycles. The number of aryl methyl sites for hydroxylation is 1. The van der Waals surface area contributed by atoms with Crippen LogP contribution in [-0.2, 0) is 16.1 Å². The number of piperidine rings is 1. The number of nitrogens with one attached hydrogen (secondary N) is 2. The summed E-state index contributed by atoms with van der Waals surface area (Å²) in [6, 6.07) is -0.214. The van der Waals surface area contributed by atoms with Crippen molar-refractivity contribution in [3.63, 3.8) is 0 Å². The van der Waals surface area contributed by atoms with Crippen LogP contribution in [0.25, 0.3) is 0 Å². The third kappa shape index (κ3) is 3.07. The summed E-state index contributed by atoms with van der Waals surface area (Å²) in [5.74, 6) is 3.40. The monoisotopic (exact) mass is 370 g/mol. The summed E-state index contributed by atoms with van der Waals surface area (Å²) in [6.45, 7) is 2.84. The van der Waals surface area contributed by atoms with Crippen molar-refractivity contribution in [2.24, 2.45) is 29.6 Å². The van der Waals surface area contributed by atoms with Gasteiger partial charge >= 0.3 is 0 Å². The van der Waals surface area contributed by atoms with Gasteiger partial charge in [0.05, 0.1) is 18.3 Å². The average Bonchev–Trinajstić information content (AvgIpc) is 3.11. The highest BCUT2D eigenvalue weighted by atomic mass is 16.2. The second-order valence-electron chi connectivity index (χ2n) is 9.28. The molecule has 2 amide bonds. The van der Waals surface area contributed by atoms with E-state index in [1.165, 1.54) is 32.1 Å². The summed E-state index contributed by atoms with van der Waals surface area (Å²) < 4.78 is 1.87. The van der Waals surface area contributed by atoms with Crippen LogP contribution >= 0.6 is 0 Å². The summed E-state index contributed by atoms with van der Waals surface area (Å²) in [6.07, 6.45) is 11.4. The van der Waals surface area contributed by atoms with Gasteiger partial charge in [-0.05, 0) is 69.1 Å². The summed E-state index contributed by atoms with van der Waals surface area (Å²) in [5.41, 5.74) is 0.986. The second kappa shape index (κ2) is 6.64. The average molecular weight is 370 g/mol. The molecule has 0 spiro atoms. The number of hydrogen-bond acceptors (Lipinski definition) is 3. The van der Waals surface area contributed by atoms with Crippen molar-refractivity contribution in [3.05, 3.63) is 18.0 Å². The molecule has 146 valence electrons. The molecular formula is C21H30N4O2. The van der Waals surface area contributed by atoms with Gasteiger partial charge < -0.3 is 10.6 Å². The van der Waals surface area contributed by atoms with Crippen LogP contribution in [0.5, 0.6) is 0 Å². The SMILES string of the molecule is CCn1cc([C@@H]2NC(=O)CC[C@H]2NC(=O)C2C3CC4CC(C3)CC2C4)cn1. The molecule has 6 nitrogen and oxygen atoms in total.